The van der Waals surface area contributed by atoms with Crippen molar-refractivity contribution in [1.29, 1.82) is 10.5 Å². The lowest BCUT2D eigenvalue weighted by Crippen LogP contribution is -2.42. The van der Waals surface area contributed by atoms with Crippen molar-refractivity contribution in [3.05, 3.63) is 95.2 Å². The summed E-state index contributed by atoms with van der Waals surface area (Å²) in [6.07, 6.45) is 7.51. The summed E-state index contributed by atoms with van der Waals surface area (Å²) < 4.78 is 20.5. The maximum Gasteiger partial charge on any atom is 0.267 e. The van der Waals surface area contributed by atoms with Gasteiger partial charge in [-0.3, -0.25) is 15.0 Å². The van der Waals surface area contributed by atoms with Crippen LogP contribution in [0.4, 0.5) is 10.2 Å². The number of hydrogen-bond acceptors (Lipinski definition) is 11. The van der Waals surface area contributed by atoms with Gasteiger partial charge in [-0.2, -0.15) is 10.5 Å². The molecule has 1 aliphatic rings. The molecule has 0 radical (unpaired) electrons. The third kappa shape index (κ3) is 8.59. The van der Waals surface area contributed by atoms with Gasteiger partial charge in [-0.1, -0.05) is 18.2 Å². The van der Waals surface area contributed by atoms with Gasteiger partial charge in [-0.25, -0.2) is 14.9 Å². The Kier molecular flexibility index (Phi) is 11.0. The fraction of sp³-hybridized carbons (Fsp3) is 0.270. The fourth-order valence-electron chi connectivity index (χ4n) is 5.58. The molecule has 0 bridgehead atoms. The van der Waals surface area contributed by atoms with Crippen LogP contribution in [-0.2, 0) is 11.3 Å². The molecule has 5 N–H and O–H groups in total. The number of phenols is 1. The molecule has 0 unspecified atom stereocenters. The van der Waals surface area contributed by atoms with E-state index in [1.54, 1.807) is 50.5 Å². The highest BCUT2D eigenvalue weighted by Gasteiger charge is 2.26. The van der Waals surface area contributed by atoms with Gasteiger partial charge in [0.25, 0.3) is 5.91 Å². The molecule has 13 heteroatoms. The van der Waals surface area contributed by atoms with Gasteiger partial charge in [0.05, 0.1) is 16.9 Å². The molecule has 12 nitrogen and oxygen atoms in total. The normalized spacial score (nSPS) is 13.5. The number of carbonyl (C=O) groups excluding carboxylic acids is 1. The van der Waals surface area contributed by atoms with E-state index in [9.17, 15) is 29.9 Å². The van der Waals surface area contributed by atoms with E-state index in [-0.39, 0.29) is 35.3 Å². The summed E-state index contributed by atoms with van der Waals surface area (Å²) in [5.41, 5.74) is 3.82. The molecule has 1 saturated heterocycles. The molecule has 4 aromatic rings. The maximum absolute atomic E-state index is 14.9. The van der Waals surface area contributed by atoms with Crippen molar-refractivity contribution in [2.24, 2.45) is 0 Å². The number of hydrogen-bond donors (Lipinski definition) is 5. The first kappa shape index (κ1) is 35.4. The quantitative estimate of drug-likeness (QED) is 0.0832. The Labute approximate surface area is 288 Å². The molecule has 5 rings (SSSR count). The number of anilines is 1. The average Bonchev–Trinajstić information content (AvgIpc) is 3.12. The zero-order chi connectivity index (χ0) is 35.8. The maximum atomic E-state index is 14.9. The van der Waals surface area contributed by atoms with Crippen molar-refractivity contribution in [3.8, 4) is 45.9 Å². The number of piperidine rings is 1. The lowest BCUT2D eigenvalue weighted by atomic mass is 9.91. The second kappa shape index (κ2) is 15.6. The molecular weight excluding hydrogens is 641 g/mol. The number of hydroxylamine groups is 1. The number of aromatic hydroxyl groups is 1. The molecule has 256 valence electrons. The Bertz CT molecular complexity index is 1970. The number of nitrogens with zero attached hydrogens (tertiary/aromatic N) is 5. The third-order valence-electron chi connectivity index (χ3n) is 8.15. The summed E-state index contributed by atoms with van der Waals surface area (Å²) >= 11 is 0. The zero-order valence-electron chi connectivity index (χ0n) is 27.5. The number of amides is 1. The van der Waals surface area contributed by atoms with E-state index in [0.717, 1.165) is 18.4 Å². The Balaban J connectivity index is 1.37. The Morgan fingerprint density at radius 3 is 2.46 bits per heavy atom. The van der Waals surface area contributed by atoms with Crippen molar-refractivity contribution in [2.75, 3.05) is 24.6 Å². The summed E-state index contributed by atoms with van der Waals surface area (Å²) in [7, 11) is 0. The third-order valence-corrected chi connectivity index (χ3v) is 8.15. The van der Waals surface area contributed by atoms with E-state index >= 15 is 0 Å². The second-order valence-electron chi connectivity index (χ2n) is 12.5. The minimum Gasteiger partial charge on any atom is -0.504 e. The zero-order valence-corrected chi connectivity index (χ0v) is 27.5. The molecule has 1 amide bonds. The summed E-state index contributed by atoms with van der Waals surface area (Å²) in [5, 5.41) is 52.8. The van der Waals surface area contributed by atoms with Crippen LogP contribution in [0.3, 0.4) is 0 Å². The molecule has 2 aromatic carbocycles. The summed E-state index contributed by atoms with van der Waals surface area (Å²) in [4.78, 5) is 22.2. The van der Waals surface area contributed by atoms with E-state index < -0.39 is 17.3 Å². The number of carbonyl (C=O) groups is 1. The van der Waals surface area contributed by atoms with Gasteiger partial charge < -0.3 is 25.2 Å². The first-order chi connectivity index (χ1) is 24.0. The number of aliphatic hydroxyl groups is 1. The van der Waals surface area contributed by atoms with E-state index in [4.69, 9.17) is 14.9 Å². The monoisotopic (exact) mass is 677 g/mol. The molecular formula is C37H36FN7O5. The van der Waals surface area contributed by atoms with Crippen LogP contribution in [0.1, 0.15) is 49.1 Å². The number of rotatable bonds is 11. The summed E-state index contributed by atoms with van der Waals surface area (Å²) in [5.74, 6) is -0.933. The second-order valence-corrected chi connectivity index (χ2v) is 12.5. The van der Waals surface area contributed by atoms with Crippen molar-refractivity contribution < 1.29 is 29.3 Å². The highest BCUT2D eigenvalue weighted by atomic mass is 19.1. The molecule has 1 fully saturated rings. The van der Waals surface area contributed by atoms with Crippen molar-refractivity contribution in [3.63, 3.8) is 0 Å². The number of halogens is 1. The highest BCUT2D eigenvalue weighted by molar-refractivity contribution is 5.91. The van der Waals surface area contributed by atoms with E-state index in [1.807, 2.05) is 17.0 Å². The van der Waals surface area contributed by atoms with Gasteiger partial charge in [0, 0.05) is 55.3 Å². The van der Waals surface area contributed by atoms with Crippen LogP contribution >= 0.6 is 0 Å². The standard InChI is InChI=1S/C37H36FN7O5/c1-37(2,48)22-50-33-9-6-24(16-32(33)46)30-21-43-36(29(18-40)35(30)25-4-5-26(17-39)31(38)15-25)45-13-11-28(12-14-45)42-20-23-3-7-27(41-19-23)8-10-34(47)44-49/h3-10,15-16,19,21,28,42,46,48-49H,11-14,20,22H2,1-2H3,(H,44,47)/b10-8+. The number of benzene rings is 2. The molecule has 0 saturated carbocycles. The summed E-state index contributed by atoms with van der Waals surface area (Å²) in [6, 6.07) is 16.9. The topological polar surface area (TPSA) is 188 Å². The number of ether oxygens (including phenoxy) is 1. The molecule has 0 atom stereocenters. The van der Waals surface area contributed by atoms with E-state index in [1.165, 1.54) is 35.8 Å². The lowest BCUT2D eigenvalue weighted by Gasteiger charge is -2.34. The fourth-order valence-corrected chi connectivity index (χ4v) is 5.58. The summed E-state index contributed by atoms with van der Waals surface area (Å²) in [6.45, 7) is 4.90. The minimum atomic E-state index is -1.12. The number of nitrogens with one attached hydrogen (secondary N) is 2. The van der Waals surface area contributed by atoms with Crippen LogP contribution in [0.5, 0.6) is 11.5 Å². The minimum absolute atomic E-state index is 0.0477. The Hall–Kier alpha value is -5.86. The van der Waals surface area contributed by atoms with Crippen LogP contribution in [0, 0.1) is 28.5 Å². The van der Waals surface area contributed by atoms with Crippen LogP contribution < -0.4 is 20.4 Å². The number of phenolic OH excluding ortho intramolecular Hbond substituents is 1. The molecule has 0 spiro atoms. The van der Waals surface area contributed by atoms with E-state index in [2.05, 4.69) is 16.4 Å². The highest BCUT2D eigenvalue weighted by Crippen LogP contribution is 2.41. The molecule has 50 heavy (non-hydrogen) atoms. The molecule has 1 aliphatic heterocycles. The van der Waals surface area contributed by atoms with Gasteiger partial charge >= 0.3 is 0 Å². The molecule has 3 heterocycles. The van der Waals surface area contributed by atoms with E-state index in [0.29, 0.717) is 53.4 Å². The number of nitriles is 2. The molecule has 0 aliphatic carbocycles. The van der Waals surface area contributed by atoms with Crippen molar-refractivity contribution in [2.45, 2.75) is 44.9 Å². The van der Waals surface area contributed by atoms with Gasteiger partial charge in [0.15, 0.2) is 11.5 Å². The Morgan fingerprint density at radius 1 is 1.08 bits per heavy atom. The van der Waals surface area contributed by atoms with Crippen LogP contribution in [0.2, 0.25) is 0 Å². The number of pyridine rings is 2. The van der Waals surface area contributed by atoms with Gasteiger partial charge in [0.1, 0.15) is 35.9 Å². The van der Waals surface area contributed by atoms with Crippen LogP contribution in [0.15, 0.2) is 67.0 Å². The first-order valence-corrected chi connectivity index (χ1v) is 15.9. The average molecular weight is 678 g/mol. The smallest absolute Gasteiger partial charge is 0.267 e. The Morgan fingerprint density at radius 2 is 1.84 bits per heavy atom. The van der Waals surface area contributed by atoms with Gasteiger partial charge in [0.2, 0.25) is 0 Å². The van der Waals surface area contributed by atoms with Crippen LogP contribution in [0.25, 0.3) is 28.3 Å². The van der Waals surface area contributed by atoms with Crippen LogP contribution in [-0.4, -0.2) is 62.6 Å². The van der Waals surface area contributed by atoms with Gasteiger partial charge in [-0.05, 0) is 79.8 Å². The lowest BCUT2D eigenvalue weighted by molar-refractivity contribution is -0.124. The largest absolute Gasteiger partial charge is 0.504 e. The van der Waals surface area contributed by atoms with Crippen molar-refractivity contribution in [1.82, 2.24) is 20.8 Å². The van der Waals surface area contributed by atoms with Gasteiger partial charge in [-0.15, -0.1) is 0 Å². The predicted octanol–water partition coefficient (Wildman–Crippen LogP) is 4.83. The molecule has 2 aromatic heterocycles. The SMILES string of the molecule is CC(C)(O)COc1ccc(-c2cnc(N3CCC(NCc4ccc(/C=C/C(=O)NO)nc4)CC3)c(C#N)c2-c2ccc(C#N)c(F)c2)cc1O. The first-order valence-electron chi connectivity index (χ1n) is 15.9. The predicted molar refractivity (Wildman–Crippen MR) is 183 cm³/mol. The number of aromatic nitrogens is 2. The van der Waals surface area contributed by atoms with Crippen molar-refractivity contribution >= 4 is 17.8 Å².